The molecule has 0 fully saturated rings. The Balaban J connectivity index is 2.67. The fourth-order valence-corrected chi connectivity index (χ4v) is 2.13. The third kappa shape index (κ3) is 1.55. The first-order valence-corrected chi connectivity index (χ1v) is 5.41. The van der Waals surface area contributed by atoms with Crippen LogP contribution < -0.4 is 5.69 Å². The number of aliphatic hydroxyl groups is 1. The van der Waals surface area contributed by atoms with E-state index in [0.29, 0.717) is 0 Å². The summed E-state index contributed by atoms with van der Waals surface area (Å²) in [7, 11) is 3.56. The number of hydrogen-bond acceptors (Lipinski definition) is 2. The van der Waals surface area contributed by atoms with Gasteiger partial charge in [-0.25, -0.2) is 4.79 Å². The van der Waals surface area contributed by atoms with Crippen LogP contribution in [0.3, 0.4) is 0 Å². The van der Waals surface area contributed by atoms with Crippen LogP contribution in [0, 0.1) is 0 Å². The summed E-state index contributed by atoms with van der Waals surface area (Å²) in [6.07, 6.45) is 1.52. The Labute approximate surface area is 93.7 Å². The summed E-state index contributed by atoms with van der Waals surface area (Å²) in [5.74, 6) is 0. The molecule has 0 unspecified atom stereocenters. The van der Waals surface area contributed by atoms with Gasteiger partial charge in [0.05, 0.1) is 11.0 Å². The molecule has 0 aliphatic heterocycles. The van der Waals surface area contributed by atoms with Gasteiger partial charge >= 0.3 is 5.69 Å². The lowest BCUT2D eigenvalue weighted by atomic mass is 10.1. The van der Waals surface area contributed by atoms with Crippen molar-refractivity contribution in [2.24, 2.45) is 14.1 Å². The smallest absolute Gasteiger partial charge is 0.328 e. The molecular weight excluding hydrogens is 204 g/mol. The Morgan fingerprint density at radius 3 is 2.69 bits per heavy atom. The van der Waals surface area contributed by atoms with Crippen LogP contribution in [0.1, 0.15) is 12.0 Å². The van der Waals surface area contributed by atoms with Gasteiger partial charge in [0, 0.05) is 20.7 Å². The standard InChI is InChI=1S/C12H16N2O2/c1-13-10-7-3-5-9(6-4-8-15)11(10)14(2)12(13)16/h3,5,7,15H,4,6,8H2,1-2H3. The zero-order chi connectivity index (χ0) is 11.7. The molecule has 0 spiro atoms. The predicted molar refractivity (Wildman–Crippen MR) is 63.6 cm³/mol. The van der Waals surface area contributed by atoms with E-state index >= 15 is 0 Å². The number of imidazole rings is 1. The van der Waals surface area contributed by atoms with E-state index in [2.05, 4.69) is 0 Å². The highest BCUT2D eigenvalue weighted by Gasteiger charge is 2.10. The molecule has 1 aromatic carbocycles. The highest BCUT2D eigenvalue weighted by Crippen LogP contribution is 2.18. The molecule has 0 saturated heterocycles. The number of hydrogen-bond donors (Lipinski definition) is 1. The number of para-hydroxylation sites is 1. The van der Waals surface area contributed by atoms with Crippen LogP contribution in [0.4, 0.5) is 0 Å². The molecule has 1 heterocycles. The molecule has 0 saturated carbocycles. The molecule has 4 heteroatoms. The molecule has 1 N–H and O–H groups in total. The number of rotatable bonds is 3. The number of fused-ring (bicyclic) bond motifs is 1. The minimum Gasteiger partial charge on any atom is -0.396 e. The van der Waals surface area contributed by atoms with Crippen molar-refractivity contribution in [2.45, 2.75) is 12.8 Å². The van der Waals surface area contributed by atoms with E-state index in [0.717, 1.165) is 29.4 Å². The molecule has 4 nitrogen and oxygen atoms in total. The Morgan fingerprint density at radius 1 is 1.25 bits per heavy atom. The van der Waals surface area contributed by atoms with Crippen molar-refractivity contribution < 1.29 is 5.11 Å². The fraction of sp³-hybridized carbons (Fsp3) is 0.417. The highest BCUT2D eigenvalue weighted by molar-refractivity contribution is 5.79. The highest BCUT2D eigenvalue weighted by atomic mass is 16.2. The molecule has 16 heavy (non-hydrogen) atoms. The molecule has 0 radical (unpaired) electrons. The molecular formula is C12H16N2O2. The van der Waals surface area contributed by atoms with Crippen molar-refractivity contribution in [2.75, 3.05) is 6.61 Å². The molecule has 0 atom stereocenters. The van der Waals surface area contributed by atoms with Gasteiger partial charge in [-0.2, -0.15) is 0 Å². The fourth-order valence-electron chi connectivity index (χ4n) is 2.13. The minimum absolute atomic E-state index is 0.00792. The Morgan fingerprint density at radius 2 is 2.00 bits per heavy atom. The third-order valence-electron chi connectivity index (χ3n) is 2.97. The van der Waals surface area contributed by atoms with E-state index in [-0.39, 0.29) is 12.3 Å². The van der Waals surface area contributed by atoms with Crippen LogP contribution in [0.2, 0.25) is 0 Å². The van der Waals surface area contributed by atoms with Gasteiger partial charge in [0.15, 0.2) is 0 Å². The Kier molecular flexibility index (Phi) is 2.83. The normalized spacial score (nSPS) is 11.2. The lowest BCUT2D eigenvalue weighted by molar-refractivity contribution is 0.288. The van der Waals surface area contributed by atoms with E-state index in [1.807, 2.05) is 18.2 Å². The summed E-state index contributed by atoms with van der Waals surface area (Å²) in [6, 6.07) is 5.91. The van der Waals surface area contributed by atoms with E-state index in [9.17, 15) is 4.79 Å². The average molecular weight is 220 g/mol. The van der Waals surface area contributed by atoms with E-state index < -0.39 is 0 Å². The zero-order valence-electron chi connectivity index (χ0n) is 9.60. The van der Waals surface area contributed by atoms with Gasteiger partial charge in [0.1, 0.15) is 0 Å². The predicted octanol–water partition coefficient (Wildman–Crippen LogP) is 0.802. The molecule has 0 amide bonds. The van der Waals surface area contributed by atoms with Crippen molar-refractivity contribution in [3.05, 3.63) is 34.2 Å². The summed E-state index contributed by atoms with van der Waals surface area (Å²) in [4.78, 5) is 11.8. The number of benzene rings is 1. The number of aryl methyl sites for hydroxylation is 3. The first-order valence-electron chi connectivity index (χ1n) is 5.41. The van der Waals surface area contributed by atoms with E-state index in [1.54, 1.807) is 23.2 Å². The van der Waals surface area contributed by atoms with Crippen LogP contribution in [-0.4, -0.2) is 20.8 Å². The second-order valence-corrected chi connectivity index (χ2v) is 4.01. The van der Waals surface area contributed by atoms with Gasteiger partial charge in [0.25, 0.3) is 0 Å². The summed E-state index contributed by atoms with van der Waals surface area (Å²) in [5.41, 5.74) is 3.03. The lowest BCUT2D eigenvalue weighted by Crippen LogP contribution is -2.19. The Hall–Kier alpha value is -1.55. The van der Waals surface area contributed by atoms with Crippen LogP contribution in [0.5, 0.6) is 0 Å². The maximum Gasteiger partial charge on any atom is 0.328 e. The van der Waals surface area contributed by atoms with Crippen molar-refractivity contribution in [1.29, 1.82) is 0 Å². The second kappa shape index (κ2) is 4.14. The molecule has 86 valence electrons. The summed E-state index contributed by atoms with van der Waals surface area (Å²) < 4.78 is 3.32. The quantitative estimate of drug-likeness (QED) is 0.831. The van der Waals surface area contributed by atoms with Crippen molar-refractivity contribution in [3.8, 4) is 0 Å². The average Bonchev–Trinajstić information content (AvgIpc) is 2.53. The van der Waals surface area contributed by atoms with E-state index in [1.165, 1.54) is 0 Å². The SMILES string of the molecule is Cn1c(=O)n(C)c2c(CCCO)cccc21. The van der Waals surface area contributed by atoms with Gasteiger partial charge in [-0.15, -0.1) is 0 Å². The molecule has 2 rings (SSSR count). The van der Waals surface area contributed by atoms with Gasteiger partial charge in [-0.05, 0) is 24.5 Å². The van der Waals surface area contributed by atoms with Crippen LogP contribution >= 0.6 is 0 Å². The molecule has 2 aromatic rings. The van der Waals surface area contributed by atoms with Crippen molar-refractivity contribution >= 4 is 11.0 Å². The van der Waals surface area contributed by atoms with Crippen LogP contribution in [0.15, 0.2) is 23.0 Å². The summed E-state index contributed by atoms with van der Waals surface area (Å²) >= 11 is 0. The maximum absolute atomic E-state index is 11.8. The van der Waals surface area contributed by atoms with Gasteiger partial charge in [-0.3, -0.25) is 9.13 Å². The van der Waals surface area contributed by atoms with Gasteiger partial charge in [-0.1, -0.05) is 12.1 Å². The van der Waals surface area contributed by atoms with Gasteiger partial charge in [0.2, 0.25) is 0 Å². The van der Waals surface area contributed by atoms with Crippen molar-refractivity contribution in [3.63, 3.8) is 0 Å². The Bertz CT molecular complexity index is 566. The number of nitrogens with zero attached hydrogens (tertiary/aromatic N) is 2. The third-order valence-corrected chi connectivity index (χ3v) is 2.97. The minimum atomic E-state index is -0.00792. The summed E-state index contributed by atoms with van der Waals surface area (Å²) in [5, 5.41) is 8.86. The molecule has 0 aliphatic carbocycles. The topological polar surface area (TPSA) is 47.2 Å². The number of aliphatic hydroxyl groups excluding tert-OH is 1. The monoisotopic (exact) mass is 220 g/mol. The zero-order valence-corrected chi connectivity index (χ0v) is 9.60. The largest absolute Gasteiger partial charge is 0.396 e. The molecule has 0 aliphatic rings. The maximum atomic E-state index is 11.8. The van der Waals surface area contributed by atoms with Crippen molar-refractivity contribution in [1.82, 2.24) is 9.13 Å². The summed E-state index contributed by atoms with van der Waals surface area (Å²) in [6.45, 7) is 0.178. The van der Waals surface area contributed by atoms with Crippen LogP contribution in [-0.2, 0) is 20.5 Å². The first-order chi connectivity index (χ1) is 7.66. The molecule has 1 aromatic heterocycles. The first kappa shape index (κ1) is 11.0. The van der Waals surface area contributed by atoms with Gasteiger partial charge < -0.3 is 5.11 Å². The van der Waals surface area contributed by atoms with E-state index in [4.69, 9.17) is 5.11 Å². The second-order valence-electron chi connectivity index (χ2n) is 4.01. The van der Waals surface area contributed by atoms with Crippen LogP contribution in [0.25, 0.3) is 11.0 Å². The number of aromatic nitrogens is 2. The molecule has 0 bridgehead atoms. The lowest BCUT2D eigenvalue weighted by Gasteiger charge is -2.03.